The van der Waals surface area contributed by atoms with Crippen molar-refractivity contribution in [1.29, 1.82) is 0 Å². The molecule has 0 saturated carbocycles. The van der Waals surface area contributed by atoms with Crippen molar-refractivity contribution in [2.24, 2.45) is 0 Å². The van der Waals surface area contributed by atoms with Crippen molar-refractivity contribution >= 4 is 0 Å². The van der Waals surface area contributed by atoms with Gasteiger partial charge in [0, 0.05) is 51.0 Å². The standard InChI is InChI=1S/C32H38N2.2BrH/c1-25-17-21-33(27(3)23-25)19-5-7-29-9-13-31(14-10-29)32-15-11-30(12-16-32)8-6-20-34-22-18-26(2)24-28(34)4;;/h9-18,21-24H,5-8,19-20H2,1-4H3;2*1H/q+2;;/p-2. The summed E-state index contributed by atoms with van der Waals surface area (Å²) >= 11 is 0. The first-order valence-electron chi connectivity index (χ1n) is 12.6. The second-order valence-corrected chi connectivity index (χ2v) is 9.68. The van der Waals surface area contributed by atoms with Gasteiger partial charge in [-0.1, -0.05) is 48.5 Å². The monoisotopic (exact) mass is 608 g/mol. The van der Waals surface area contributed by atoms with Crippen LogP contribution in [0.15, 0.2) is 85.2 Å². The maximum absolute atomic E-state index is 2.35. The lowest BCUT2D eigenvalue weighted by atomic mass is 10.00. The Morgan fingerprint density at radius 2 is 0.861 bits per heavy atom. The first-order chi connectivity index (χ1) is 16.5. The Kier molecular flexibility index (Phi) is 12.0. The number of hydrogen-bond donors (Lipinski definition) is 0. The molecule has 0 N–H and O–H groups in total. The minimum atomic E-state index is 0. The van der Waals surface area contributed by atoms with Crippen molar-refractivity contribution < 1.29 is 43.1 Å². The third kappa shape index (κ3) is 8.38. The summed E-state index contributed by atoms with van der Waals surface area (Å²) in [6.45, 7) is 10.8. The van der Waals surface area contributed by atoms with E-state index in [1.54, 1.807) is 0 Å². The van der Waals surface area contributed by atoms with E-state index in [0.29, 0.717) is 0 Å². The number of aryl methyl sites for hydroxylation is 8. The molecule has 0 spiro atoms. The summed E-state index contributed by atoms with van der Waals surface area (Å²) in [5, 5.41) is 0. The van der Waals surface area contributed by atoms with Gasteiger partial charge in [-0.25, -0.2) is 9.13 Å². The highest BCUT2D eigenvalue weighted by Gasteiger charge is 2.08. The van der Waals surface area contributed by atoms with Crippen molar-refractivity contribution in [3.8, 4) is 11.1 Å². The Morgan fingerprint density at radius 1 is 0.500 bits per heavy atom. The molecule has 4 aromatic rings. The predicted molar refractivity (Wildman–Crippen MR) is 141 cm³/mol. The first kappa shape index (κ1) is 29.9. The highest BCUT2D eigenvalue weighted by atomic mass is 79.9. The van der Waals surface area contributed by atoms with Crippen LogP contribution in [0.2, 0.25) is 0 Å². The van der Waals surface area contributed by atoms with Crippen LogP contribution in [0.25, 0.3) is 11.1 Å². The lowest BCUT2D eigenvalue weighted by molar-refractivity contribution is -0.703. The highest BCUT2D eigenvalue weighted by molar-refractivity contribution is 5.64. The molecular weight excluding hydrogens is 572 g/mol. The van der Waals surface area contributed by atoms with Gasteiger partial charge in [0.2, 0.25) is 0 Å². The van der Waals surface area contributed by atoms with Crippen molar-refractivity contribution in [2.75, 3.05) is 0 Å². The quantitative estimate of drug-likeness (QED) is 0.243. The molecule has 2 heterocycles. The van der Waals surface area contributed by atoms with E-state index in [1.807, 2.05) is 0 Å². The van der Waals surface area contributed by atoms with E-state index in [2.05, 4.69) is 122 Å². The van der Waals surface area contributed by atoms with Gasteiger partial charge in [0.1, 0.15) is 13.1 Å². The van der Waals surface area contributed by atoms with Crippen LogP contribution in [-0.2, 0) is 25.9 Å². The van der Waals surface area contributed by atoms with Gasteiger partial charge in [0.15, 0.2) is 23.8 Å². The molecule has 0 fully saturated rings. The molecule has 0 unspecified atom stereocenters. The first-order valence-corrected chi connectivity index (χ1v) is 12.6. The van der Waals surface area contributed by atoms with Gasteiger partial charge < -0.3 is 34.0 Å². The molecule has 190 valence electrons. The summed E-state index contributed by atoms with van der Waals surface area (Å²) in [6.07, 6.45) is 8.95. The zero-order valence-electron chi connectivity index (χ0n) is 22.0. The Balaban J connectivity index is 0.00000228. The third-order valence-corrected chi connectivity index (χ3v) is 6.78. The van der Waals surface area contributed by atoms with Crippen molar-refractivity contribution in [2.45, 2.75) is 66.5 Å². The van der Waals surface area contributed by atoms with Crippen molar-refractivity contribution in [1.82, 2.24) is 0 Å². The Bertz CT molecular complexity index is 1130. The van der Waals surface area contributed by atoms with Crippen LogP contribution >= 0.6 is 0 Å². The summed E-state index contributed by atoms with van der Waals surface area (Å²) in [4.78, 5) is 0. The molecule has 0 radical (unpaired) electrons. The lowest BCUT2D eigenvalue weighted by Gasteiger charge is -2.07. The average Bonchev–Trinajstić information content (AvgIpc) is 2.83. The van der Waals surface area contributed by atoms with Gasteiger partial charge >= 0.3 is 0 Å². The minimum absolute atomic E-state index is 0. The van der Waals surface area contributed by atoms with E-state index in [0.717, 1.165) is 38.8 Å². The normalized spacial score (nSPS) is 10.4. The number of benzene rings is 2. The topological polar surface area (TPSA) is 7.76 Å². The molecule has 0 bridgehead atoms. The predicted octanol–water partition coefficient (Wildman–Crippen LogP) is 0.436. The minimum Gasteiger partial charge on any atom is -1.00 e. The van der Waals surface area contributed by atoms with Gasteiger partial charge in [0.05, 0.1) is 0 Å². The van der Waals surface area contributed by atoms with Crippen LogP contribution in [0.4, 0.5) is 0 Å². The Hall–Kier alpha value is -2.30. The van der Waals surface area contributed by atoms with E-state index in [1.165, 1.54) is 44.8 Å². The summed E-state index contributed by atoms with van der Waals surface area (Å²) in [5.74, 6) is 0. The number of nitrogens with zero attached hydrogens (tertiary/aromatic N) is 2. The van der Waals surface area contributed by atoms with Crippen molar-refractivity contribution in [3.05, 3.63) is 119 Å². The Labute approximate surface area is 238 Å². The van der Waals surface area contributed by atoms with Crippen molar-refractivity contribution in [3.63, 3.8) is 0 Å². The smallest absolute Gasteiger partial charge is 0.178 e. The number of halogens is 2. The zero-order valence-corrected chi connectivity index (χ0v) is 25.1. The van der Waals surface area contributed by atoms with Crippen LogP contribution < -0.4 is 43.1 Å². The molecule has 0 aliphatic heterocycles. The molecule has 2 aromatic heterocycles. The van der Waals surface area contributed by atoms with Crippen LogP contribution in [0.3, 0.4) is 0 Å². The molecule has 0 aliphatic carbocycles. The van der Waals surface area contributed by atoms with Crippen LogP contribution in [-0.4, -0.2) is 0 Å². The second kappa shape index (κ2) is 14.4. The third-order valence-electron chi connectivity index (χ3n) is 6.78. The van der Waals surface area contributed by atoms with Gasteiger partial charge in [-0.2, -0.15) is 0 Å². The highest BCUT2D eigenvalue weighted by Crippen LogP contribution is 2.21. The van der Waals surface area contributed by atoms with Crippen LogP contribution in [0.1, 0.15) is 46.5 Å². The Morgan fingerprint density at radius 3 is 1.19 bits per heavy atom. The van der Waals surface area contributed by atoms with Crippen LogP contribution in [0.5, 0.6) is 0 Å². The molecule has 0 saturated heterocycles. The van der Waals surface area contributed by atoms with E-state index >= 15 is 0 Å². The lowest BCUT2D eigenvalue weighted by Crippen LogP contribution is -3.00. The summed E-state index contributed by atoms with van der Waals surface area (Å²) in [6, 6.07) is 27.1. The molecule has 0 amide bonds. The average molecular weight is 610 g/mol. The van der Waals surface area contributed by atoms with Gasteiger partial charge in [0.25, 0.3) is 0 Å². The number of rotatable bonds is 9. The van der Waals surface area contributed by atoms with Gasteiger partial charge in [-0.15, -0.1) is 0 Å². The molecule has 4 rings (SSSR count). The fourth-order valence-electron chi connectivity index (χ4n) is 4.71. The fourth-order valence-corrected chi connectivity index (χ4v) is 4.71. The maximum atomic E-state index is 2.35. The van der Waals surface area contributed by atoms with Crippen LogP contribution in [0, 0.1) is 27.7 Å². The summed E-state index contributed by atoms with van der Waals surface area (Å²) in [5.41, 5.74) is 10.7. The maximum Gasteiger partial charge on any atom is 0.178 e. The number of aromatic nitrogens is 2. The SMILES string of the molecule is Cc1cc[n+](CCCc2ccc(-c3ccc(CCC[n+]4ccc(C)cc4C)cc3)cc2)c(C)c1.[Br-].[Br-]. The zero-order chi connectivity index (χ0) is 23.9. The molecule has 4 heteroatoms. The number of hydrogen-bond acceptors (Lipinski definition) is 0. The number of pyridine rings is 2. The van der Waals surface area contributed by atoms with Gasteiger partial charge in [-0.3, -0.25) is 0 Å². The largest absolute Gasteiger partial charge is 1.00 e. The summed E-state index contributed by atoms with van der Waals surface area (Å²) in [7, 11) is 0. The van der Waals surface area contributed by atoms with E-state index in [4.69, 9.17) is 0 Å². The summed E-state index contributed by atoms with van der Waals surface area (Å²) < 4.78 is 4.70. The molecule has 0 aliphatic rings. The van der Waals surface area contributed by atoms with Gasteiger partial charge in [-0.05, 0) is 60.1 Å². The second-order valence-electron chi connectivity index (χ2n) is 9.68. The van der Waals surface area contributed by atoms with E-state index in [-0.39, 0.29) is 34.0 Å². The van der Waals surface area contributed by atoms with E-state index in [9.17, 15) is 0 Å². The molecule has 2 nitrogen and oxygen atoms in total. The fraction of sp³-hybridized carbons (Fsp3) is 0.312. The molecule has 36 heavy (non-hydrogen) atoms. The molecule has 2 aromatic carbocycles. The van der Waals surface area contributed by atoms with E-state index < -0.39 is 0 Å². The molecule has 0 atom stereocenters. The molecular formula is C32H38Br2N2.